The van der Waals surface area contributed by atoms with Gasteiger partial charge in [0.2, 0.25) is 0 Å². The Labute approximate surface area is 879 Å². The first-order valence-electron chi connectivity index (χ1n) is 43.7. The van der Waals surface area contributed by atoms with Crippen LogP contribution in [0.15, 0.2) is 428 Å². The number of alkyl halides is 3. The van der Waals surface area contributed by atoms with E-state index >= 15 is 0 Å². The number of aromatic nitrogens is 12. The summed E-state index contributed by atoms with van der Waals surface area (Å²) < 4.78 is 89.9. The van der Waals surface area contributed by atoms with Crippen molar-refractivity contribution in [3.8, 4) is 91.3 Å². The predicted octanol–water partition coefficient (Wildman–Crippen LogP) is 25.1. The molecule has 0 radical (unpaired) electrons. The summed E-state index contributed by atoms with van der Waals surface area (Å²) in [6.07, 6.45) is 7.93. The molecule has 32 heteroatoms. The van der Waals surface area contributed by atoms with Crippen molar-refractivity contribution in [1.82, 2.24) is 58.1 Å². The van der Waals surface area contributed by atoms with Crippen molar-refractivity contribution in [2.24, 2.45) is 9.98 Å². The number of rotatable bonds is 13. The molecule has 4 N–H and O–H groups in total. The van der Waals surface area contributed by atoms with Crippen LogP contribution in [0.2, 0.25) is 0 Å². The second kappa shape index (κ2) is 43.5. The molecule has 0 amide bonds. The fourth-order valence-electron chi connectivity index (χ4n) is 17.4. The second-order valence-corrected chi connectivity index (χ2v) is 33.8. The topological polar surface area (TPSA) is 280 Å². The van der Waals surface area contributed by atoms with Gasteiger partial charge in [0.15, 0.2) is 46.2 Å². The summed E-state index contributed by atoms with van der Waals surface area (Å²) in [6.45, 7) is 0. The minimum absolute atomic E-state index is 0. The molecule has 25 rings (SSSR count). The predicted molar refractivity (Wildman–Crippen MR) is 534 cm³/mol. The van der Waals surface area contributed by atoms with Crippen molar-refractivity contribution < 1.29 is 144 Å². The summed E-state index contributed by atoms with van der Waals surface area (Å²) in [7, 11) is -3.88. The fraction of sp³-hybridized carbons (Fsp3) is 0.0270. The number of aliphatic imine (C=N–C) groups is 2. The molecule has 2 unspecified atom stereocenters. The number of para-hydroxylation sites is 5. The molecular weight excluding hydrogens is 2090 g/mol. The van der Waals surface area contributed by atoms with Crippen molar-refractivity contribution in [3.63, 3.8) is 0 Å². The average Bonchev–Trinajstić information content (AvgIpc) is 1.71. The van der Waals surface area contributed by atoms with Crippen LogP contribution in [0.1, 0.15) is 11.1 Å². The van der Waals surface area contributed by atoms with Crippen molar-refractivity contribution in [1.29, 1.82) is 0 Å². The number of aromatic hydroxyl groups is 4. The molecule has 15 aromatic carbocycles. The molecule has 0 spiro atoms. The molecule has 680 valence electrons. The summed E-state index contributed by atoms with van der Waals surface area (Å²) in [5, 5.41) is 51.1. The van der Waals surface area contributed by atoms with E-state index < -0.39 is 27.6 Å². The van der Waals surface area contributed by atoms with E-state index in [9.17, 15) is 46.4 Å². The number of phenols is 4. The van der Waals surface area contributed by atoms with Crippen molar-refractivity contribution in [2.45, 2.75) is 23.3 Å². The molecule has 22 nitrogen and oxygen atoms in total. The van der Waals surface area contributed by atoms with Crippen molar-refractivity contribution in [3.05, 3.63) is 435 Å². The van der Waals surface area contributed by atoms with Crippen molar-refractivity contribution in [2.75, 3.05) is 4.90 Å². The van der Waals surface area contributed by atoms with Gasteiger partial charge in [0.1, 0.15) is 78.6 Å². The Morgan fingerprint density at radius 3 is 1.32 bits per heavy atom. The number of dihydropyridines is 1. The molecule has 23 aromatic rings. The molecule has 2 aliphatic heterocycles. The van der Waals surface area contributed by atoms with E-state index in [4.69, 9.17) is 15.0 Å². The van der Waals surface area contributed by atoms with Crippen LogP contribution in [-0.4, -0.2) is 111 Å². The average molecular weight is 2160 g/mol. The van der Waals surface area contributed by atoms with Crippen LogP contribution in [0.3, 0.4) is 0 Å². The first-order valence-corrected chi connectivity index (χ1v) is 45.2. The minimum atomic E-state index is -4.46. The van der Waals surface area contributed by atoms with Crippen LogP contribution < -0.4 is 4.90 Å². The van der Waals surface area contributed by atoms with Gasteiger partial charge < -0.3 is 30.0 Å². The number of nitrogens with zero attached hydrogens (tertiary/aromatic N) is 16. The number of benzene rings is 15. The van der Waals surface area contributed by atoms with Gasteiger partial charge >= 0.3 is 6.18 Å². The number of allylic oxidation sites excluding steroid dienone is 1. The number of phenolic OH excluding ortho intramolecular Hbond substituents is 4. The number of imidazole rings is 4. The van der Waals surface area contributed by atoms with Gasteiger partial charge in [-0.1, -0.05) is 206 Å². The van der Waals surface area contributed by atoms with E-state index in [1.54, 1.807) is 104 Å². The summed E-state index contributed by atoms with van der Waals surface area (Å²) in [4.78, 5) is 48.3. The third-order valence-corrected chi connectivity index (χ3v) is 24.9. The molecule has 2 aliphatic rings. The Bertz CT molecular complexity index is 8770. The van der Waals surface area contributed by atoms with Crippen LogP contribution >= 0.6 is 0 Å². The first kappa shape index (κ1) is 101. The number of amidine groups is 1. The quantitative estimate of drug-likeness (QED) is 0.0474. The molecular formula is C111H75F4N16O6SZn5-. The molecule has 0 fully saturated rings. The maximum atomic E-state index is 13.3. The van der Waals surface area contributed by atoms with E-state index in [0.717, 1.165) is 90.4 Å². The molecule has 143 heavy (non-hydrogen) atoms. The van der Waals surface area contributed by atoms with Gasteiger partial charge in [-0.3, -0.25) is 28.3 Å². The van der Waals surface area contributed by atoms with E-state index in [1.165, 1.54) is 57.1 Å². The molecule has 8 aromatic heterocycles. The van der Waals surface area contributed by atoms with Gasteiger partial charge in [-0.25, -0.2) is 52.7 Å². The number of pyridine rings is 4. The summed E-state index contributed by atoms with van der Waals surface area (Å²) in [6, 6.07) is 113. The normalized spacial score (nSPS) is 12.9. The Balaban J connectivity index is 0.000000128. The number of fused-ring (bicyclic) bond motifs is 6. The summed E-state index contributed by atoms with van der Waals surface area (Å²) in [5.41, 5.74) is 11.7. The van der Waals surface area contributed by atoms with Gasteiger partial charge in [-0.15, -0.1) is 5.69 Å². The largest absolute Gasteiger partial charge is 0.572 e. The van der Waals surface area contributed by atoms with Gasteiger partial charge in [-0.05, 0) is 208 Å². The van der Waals surface area contributed by atoms with Crippen molar-refractivity contribution >= 4 is 121 Å². The maximum Gasteiger partial charge on any atom is 0.416 e. The summed E-state index contributed by atoms with van der Waals surface area (Å²) in [5.74, 6) is 2.64. The van der Waals surface area contributed by atoms with Crippen LogP contribution in [0, 0.1) is 5.82 Å². The molecule has 0 bridgehead atoms. The van der Waals surface area contributed by atoms with Gasteiger partial charge in [0.05, 0.1) is 32.7 Å². The van der Waals surface area contributed by atoms with E-state index in [-0.39, 0.29) is 143 Å². The molecule has 0 aliphatic carbocycles. The Kier molecular flexibility index (Phi) is 30.6. The Morgan fingerprint density at radius 2 is 0.783 bits per heavy atom. The third kappa shape index (κ3) is 20.0. The number of halogens is 4. The monoisotopic (exact) mass is 2160 g/mol. The number of anilines is 1. The zero-order valence-corrected chi connectivity index (χ0v) is 91.9. The van der Waals surface area contributed by atoms with Gasteiger partial charge in [0.25, 0.3) is 0 Å². The molecule has 0 saturated heterocycles. The summed E-state index contributed by atoms with van der Waals surface area (Å²) >= 11 is 0. The van der Waals surface area contributed by atoms with Gasteiger partial charge in [0, 0.05) is 179 Å². The maximum absolute atomic E-state index is 13.3. The SMILES string of the molecule is O=S(=O)([N-]c1ccccc1-c1nc2cccnc2n1-c1ccccc1)c1ccccc1.Oc1c(-c2nc3cccnc3n2-c2ccccc2)cc2ccc3cccc4ccc1c2c34.Oc1cc(F)ccc1-c1nc2cccnc2n1-c1ccccc1.Oc1ccc2ccccc2c1C1=NC2C=CC=NC2N1c1ccccc1.Oc1ccccc1-c1nc2cccnc2n1-c1cccc(C(F)(F)F)c1.[Zn].[Zn].[Zn].[Zn].[Zn]. The Morgan fingerprint density at radius 1 is 0.350 bits per heavy atom. The zero-order chi connectivity index (χ0) is 94.1. The first-order chi connectivity index (χ1) is 67.4. The third-order valence-electron chi connectivity index (χ3n) is 23.6. The van der Waals surface area contributed by atoms with Crippen LogP contribution in [0.5, 0.6) is 23.0 Å². The van der Waals surface area contributed by atoms with Gasteiger partial charge in [-0.2, -0.15) is 13.2 Å². The number of hydrogen-bond donors (Lipinski definition) is 4. The second-order valence-electron chi connectivity index (χ2n) is 32.2. The van der Waals surface area contributed by atoms with E-state index in [1.807, 2.05) is 232 Å². The smallest absolute Gasteiger partial charge is 0.416 e. The zero-order valence-electron chi connectivity index (χ0n) is 76.2. The minimum Gasteiger partial charge on any atom is -0.572 e. The fourth-order valence-corrected chi connectivity index (χ4v) is 18.5. The Hall–Kier alpha value is -15.3. The number of sulfonamides is 1. The van der Waals surface area contributed by atoms with E-state index in [0.29, 0.717) is 84.7 Å². The van der Waals surface area contributed by atoms with E-state index in [2.05, 4.69) is 87.0 Å². The molecule has 2 atom stereocenters. The van der Waals surface area contributed by atoms with Crippen LogP contribution in [-0.2, 0) is 114 Å². The number of hydrogen-bond acceptors (Lipinski definition) is 17. The van der Waals surface area contributed by atoms with Crippen LogP contribution in [0.25, 0.3) is 161 Å². The standard InChI is InChI=1S/C28H17N3O.C24H17N4O2S.C22H17N3O.C19H12F3N3O.C18H12FN3O.5Zn/c32-26-21-14-13-18-7-4-6-17-11-12-19(25(21)24(17)18)16-22(26)27-30-23-10-5-15-29-28(23)31(27)20-8-2-1-3-9-20;29-31(30,19-12-5-2-6-13-19)27-21-15-8-7-14-20(21)23-26-22-16-9-17-25-24(22)28(23)18-10-3-1-4-11-18;26-19-13-12-15-7-4-5-10-17(15)20(19)22-24-18-11-6-14-23-21(18)25(22)16-8-2-1-3-9-16;20-19(21,22)12-5-3-6-13(11-12)25-17(14-7-1-2-9-16(14)26)24-15-8-4-10-23-18(15)25;19-12-8-9-14(16(23)11-12)17-21-15-7-4-10-20-18(15)22(17)13-5-2-1-3-6-13;;;;;/h1-16,32H;1-17H;1-14,18,21,26H;1-11,26H;1-11,23H;;;;;/q;-1;;;;;;;;. The molecule has 10 heterocycles. The van der Waals surface area contributed by atoms with Crippen LogP contribution in [0.4, 0.5) is 28.9 Å². The molecule has 0 saturated carbocycles.